The molecule has 0 heterocycles. The van der Waals surface area contributed by atoms with Crippen molar-refractivity contribution in [3.8, 4) is 0 Å². The highest BCUT2D eigenvalue weighted by atomic mass is 79.9. The lowest BCUT2D eigenvalue weighted by molar-refractivity contribution is -0.142. The van der Waals surface area contributed by atoms with Crippen LogP contribution in [0.25, 0.3) is 0 Å². The van der Waals surface area contributed by atoms with Crippen LogP contribution in [0.4, 0.5) is 5.69 Å². The van der Waals surface area contributed by atoms with Crippen LogP contribution in [0.15, 0.2) is 46.9 Å². The van der Waals surface area contributed by atoms with Crippen molar-refractivity contribution < 1.29 is 14.3 Å². The third-order valence-electron chi connectivity index (χ3n) is 3.38. The fourth-order valence-electron chi connectivity index (χ4n) is 2.14. The SMILES string of the molecule is COC(=O)C(Cc1ccc(Br)cc1)NC(=O)c1cc(N)ccc1Cl. The Morgan fingerprint density at radius 2 is 1.92 bits per heavy atom. The molecule has 1 amide bonds. The number of carbonyl (C=O) groups excluding carboxylic acids is 2. The van der Waals surface area contributed by atoms with Crippen LogP contribution in [0.3, 0.4) is 0 Å². The number of nitrogens with one attached hydrogen (secondary N) is 1. The van der Waals surface area contributed by atoms with E-state index in [0.717, 1.165) is 10.0 Å². The van der Waals surface area contributed by atoms with Gasteiger partial charge in [0.15, 0.2) is 0 Å². The van der Waals surface area contributed by atoms with Gasteiger partial charge in [0.1, 0.15) is 6.04 Å². The Morgan fingerprint density at radius 3 is 2.54 bits per heavy atom. The molecular weight excluding hydrogens is 396 g/mol. The van der Waals surface area contributed by atoms with Gasteiger partial charge in [-0.1, -0.05) is 39.7 Å². The summed E-state index contributed by atoms with van der Waals surface area (Å²) in [5, 5.41) is 2.91. The molecule has 0 saturated carbocycles. The van der Waals surface area contributed by atoms with E-state index in [9.17, 15) is 9.59 Å². The number of rotatable bonds is 5. The first kappa shape index (κ1) is 18.3. The highest BCUT2D eigenvalue weighted by Gasteiger charge is 2.23. The Kier molecular flexibility index (Phi) is 6.23. The fraction of sp³-hybridized carbons (Fsp3) is 0.176. The fourth-order valence-corrected chi connectivity index (χ4v) is 2.61. The minimum absolute atomic E-state index is 0.210. The van der Waals surface area contributed by atoms with E-state index in [0.29, 0.717) is 12.1 Å². The maximum atomic E-state index is 12.4. The minimum atomic E-state index is -0.832. The van der Waals surface area contributed by atoms with Crippen LogP contribution in [-0.2, 0) is 16.0 Å². The molecule has 0 fully saturated rings. The summed E-state index contributed by atoms with van der Waals surface area (Å²) in [6, 6.07) is 11.2. The Morgan fingerprint density at radius 1 is 1.25 bits per heavy atom. The molecule has 24 heavy (non-hydrogen) atoms. The maximum Gasteiger partial charge on any atom is 0.328 e. The lowest BCUT2D eigenvalue weighted by Gasteiger charge is -2.17. The van der Waals surface area contributed by atoms with Gasteiger partial charge in [-0.15, -0.1) is 0 Å². The first-order valence-corrected chi connectivity index (χ1v) is 8.26. The molecule has 0 radical (unpaired) electrons. The monoisotopic (exact) mass is 410 g/mol. The first-order chi connectivity index (χ1) is 11.4. The van der Waals surface area contributed by atoms with Gasteiger partial charge in [0, 0.05) is 16.6 Å². The van der Waals surface area contributed by atoms with Gasteiger partial charge in [0.05, 0.1) is 17.7 Å². The summed E-state index contributed by atoms with van der Waals surface area (Å²) in [6.07, 6.45) is 0.297. The predicted octanol–water partition coefficient (Wildman–Crippen LogP) is 3.20. The van der Waals surface area contributed by atoms with Crippen molar-refractivity contribution in [3.05, 3.63) is 63.1 Å². The highest BCUT2D eigenvalue weighted by Crippen LogP contribution is 2.19. The van der Waals surface area contributed by atoms with E-state index < -0.39 is 17.9 Å². The number of benzene rings is 2. The van der Waals surface area contributed by atoms with Gasteiger partial charge < -0.3 is 15.8 Å². The van der Waals surface area contributed by atoms with Crippen LogP contribution in [0.5, 0.6) is 0 Å². The van der Waals surface area contributed by atoms with Crippen LogP contribution in [-0.4, -0.2) is 25.0 Å². The van der Waals surface area contributed by atoms with Gasteiger partial charge in [-0.3, -0.25) is 4.79 Å². The molecule has 3 N–H and O–H groups in total. The van der Waals surface area contributed by atoms with Crippen molar-refractivity contribution >= 4 is 45.1 Å². The summed E-state index contributed by atoms with van der Waals surface area (Å²) in [7, 11) is 1.27. The van der Waals surface area contributed by atoms with Gasteiger partial charge >= 0.3 is 5.97 Å². The predicted molar refractivity (Wildman–Crippen MR) is 97.0 cm³/mol. The van der Waals surface area contributed by atoms with E-state index in [-0.39, 0.29) is 10.6 Å². The number of halogens is 2. The van der Waals surface area contributed by atoms with Gasteiger partial charge in [0.25, 0.3) is 5.91 Å². The Balaban J connectivity index is 2.19. The second-order valence-corrected chi connectivity index (χ2v) is 6.44. The quantitative estimate of drug-likeness (QED) is 0.585. The Hall–Kier alpha value is -2.05. The summed E-state index contributed by atoms with van der Waals surface area (Å²) >= 11 is 9.38. The van der Waals surface area contributed by atoms with Crippen LogP contribution >= 0.6 is 27.5 Å². The van der Waals surface area contributed by atoms with Crippen LogP contribution in [0, 0.1) is 0 Å². The van der Waals surface area contributed by atoms with E-state index in [1.54, 1.807) is 6.07 Å². The second-order valence-electron chi connectivity index (χ2n) is 5.12. The molecule has 0 saturated heterocycles. The smallest absolute Gasteiger partial charge is 0.328 e. The number of nitrogen functional groups attached to an aromatic ring is 1. The maximum absolute atomic E-state index is 12.4. The molecule has 1 unspecified atom stereocenters. The van der Waals surface area contributed by atoms with E-state index in [1.165, 1.54) is 19.2 Å². The minimum Gasteiger partial charge on any atom is -0.467 e. The van der Waals surface area contributed by atoms with Crippen LogP contribution in [0.1, 0.15) is 15.9 Å². The summed E-state index contributed by atoms with van der Waals surface area (Å²) in [5.41, 5.74) is 7.19. The van der Waals surface area contributed by atoms with E-state index in [4.69, 9.17) is 22.1 Å². The summed E-state index contributed by atoms with van der Waals surface area (Å²) in [5.74, 6) is -1.02. The average molecular weight is 412 g/mol. The van der Waals surface area contributed by atoms with Gasteiger partial charge in [-0.05, 0) is 35.9 Å². The molecule has 1 atom stereocenters. The van der Waals surface area contributed by atoms with Crippen molar-refractivity contribution in [2.24, 2.45) is 0 Å². The van der Waals surface area contributed by atoms with Crippen LogP contribution < -0.4 is 11.1 Å². The number of hydrogen-bond acceptors (Lipinski definition) is 4. The standard InChI is InChI=1S/C17H16BrClN2O3/c1-24-17(23)15(8-10-2-4-11(18)5-3-10)21-16(22)13-9-12(20)6-7-14(13)19/h2-7,9,15H,8,20H2,1H3,(H,21,22). The molecule has 0 spiro atoms. The summed E-state index contributed by atoms with van der Waals surface area (Å²) < 4.78 is 5.71. The molecule has 0 aliphatic rings. The lowest BCUT2D eigenvalue weighted by Crippen LogP contribution is -2.43. The number of carbonyl (C=O) groups is 2. The van der Waals surface area contributed by atoms with Crippen molar-refractivity contribution in [2.75, 3.05) is 12.8 Å². The normalized spacial score (nSPS) is 11.6. The number of ether oxygens (including phenoxy) is 1. The lowest BCUT2D eigenvalue weighted by atomic mass is 10.1. The topological polar surface area (TPSA) is 81.4 Å². The molecule has 5 nitrogen and oxygen atoms in total. The van der Waals surface area contributed by atoms with E-state index in [2.05, 4.69) is 21.2 Å². The largest absolute Gasteiger partial charge is 0.467 e. The van der Waals surface area contributed by atoms with Crippen molar-refractivity contribution in [2.45, 2.75) is 12.5 Å². The molecule has 0 aliphatic heterocycles. The first-order valence-electron chi connectivity index (χ1n) is 7.09. The third kappa shape index (κ3) is 4.72. The van der Waals surface area contributed by atoms with Gasteiger partial charge in [0.2, 0.25) is 0 Å². The number of nitrogens with two attached hydrogens (primary N) is 1. The molecule has 2 aromatic carbocycles. The zero-order valence-electron chi connectivity index (χ0n) is 12.9. The molecule has 2 rings (SSSR count). The average Bonchev–Trinajstić information content (AvgIpc) is 2.57. The summed E-state index contributed by atoms with van der Waals surface area (Å²) in [4.78, 5) is 24.4. The van der Waals surface area contributed by atoms with Gasteiger partial charge in [-0.2, -0.15) is 0 Å². The third-order valence-corrected chi connectivity index (χ3v) is 4.24. The van der Waals surface area contributed by atoms with Crippen molar-refractivity contribution in [1.29, 1.82) is 0 Å². The molecule has 0 bridgehead atoms. The number of hydrogen-bond donors (Lipinski definition) is 2. The van der Waals surface area contributed by atoms with Crippen molar-refractivity contribution in [3.63, 3.8) is 0 Å². The zero-order chi connectivity index (χ0) is 17.7. The Labute approximate surface area is 153 Å². The van der Waals surface area contributed by atoms with Crippen LogP contribution in [0.2, 0.25) is 5.02 Å². The van der Waals surface area contributed by atoms with Gasteiger partial charge in [-0.25, -0.2) is 4.79 Å². The van der Waals surface area contributed by atoms with E-state index in [1.807, 2.05) is 24.3 Å². The van der Waals surface area contributed by atoms with Crippen molar-refractivity contribution in [1.82, 2.24) is 5.32 Å². The molecule has 2 aromatic rings. The zero-order valence-corrected chi connectivity index (χ0v) is 15.2. The molecule has 7 heteroatoms. The second kappa shape index (κ2) is 8.17. The molecular formula is C17H16BrClN2O3. The number of esters is 1. The van der Waals surface area contributed by atoms with E-state index >= 15 is 0 Å². The highest BCUT2D eigenvalue weighted by molar-refractivity contribution is 9.10. The number of methoxy groups -OCH3 is 1. The number of anilines is 1. The molecule has 0 aliphatic carbocycles. The number of amides is 1. The molecule has 126 valence electrons. The molecule has 0 aromatic heterocycles. The Bertz CT molecular complexity index is 750. The summed E-state index contributed by atoms with van der Waals surface area (Å²) in [6.45, 7) is 0.